The topological polar surface area (TPSA) is 84.5 Å². The Morgan fingerprint density at radius 1 is 1.08 bits per heavy atom. The van der Waals surface area contributed by atoms with E-state index >= 15 is 0 Å². The van der Waals surface area contributed by atoms with E-state index in [0.717, 1.165) is 5.56 Å². The summed E-state index contributed by atoms with van der Waals surface area (Å²) < 4.78 is 46.5. The van der Waals surface area contributed by atoms with Crippen LogP contribution in [0.15, 0.2) is 54.6 Å². The molecule has 0 bridgehead atoms. The Kier molecular flexibility index (Phi) is 6.63. The smallest absolute Gasteiger partial charge is 0.324 e. The van der Waals surface area contributed by atoms with Crippen molar-refractivity contribution in [3.8, 4) is 0 Å². The number of methoxy groups -OCH3 is 1. The Hall–Kier alpha value is -2.29. The molecule has 0 aliphatic carbocycles. The summed E-state index contributed by atoms with van der Waals surface area (Å²) in [6, 6.07) is 13.4. The van der Waals surface area contributed by atoms with Gasteiger partial charge in [0.15, 0.2) is 0 Å². The third-order valence-electron chi connectivity index (χ3n) is 3.45. The van der Waals surface area contributed by atoms with Crippen LogP contribution < -0.4 is 9.44 Å². The average molecular weight is 366 g/mol. The Balaban J connectivity index is 2.02. The zero-order valence-corrected chi connectivity index (χ0v) is 14.4. The highest BCUT2D eigenvalue weighted by molar-refractivity contribution is 7.87. The quantitative estimate of drug-likeness (QED) is 0.694. The van der Waals surface area contributed by atoms with E-state index in [1.54, 1.807) is 24.3 Å². The van der Waals surface area contributed by atoms with Crippen LogP contribution in [-0.2, 0) is 32.7 Å². The van der Waals surface area contributed by atoms with Crippen molar-refractivity contribution in [1.29, 1.82) is 0 Å². The van der Waals surface area contributed by atoms with Gasteiger partial charge in [-0.05, 0) is 29.7 Å². The first-order valence-electron chi connectivity index (χ1n) is 7.53. The van der Waals surface area contributed by atoms with Gasteiger partial charge in [0.25, 0.3) is 10.2 Å². The van der Waals surface area contributed by atoms with E-state index in [1.807, 2.05) is 6.07 Å². The van der Waals surface area contributed by atoms with E-state index in [-0.39, 0.29) is 13.0 Å². The van der Waals surface area contributed by atoms with Crippen LogP contribution in [0, 0.1) is 5.82 Å². The minimum atomic E-state index is -3.96. The van der Waals surface area contributed by atoms with Crippen molar-refractivity contribution >= 4 is 16.2 Å². The van der Waals surface area contributed by atoms with E-state index in [1.165, 1.54) is 31.4 Å². The zero-order chi connectivity index (χ0) is 18.3. The molecule has 0 amide bonds. The van der Waals surface area contributed by atoms with Gasteiger partial charge in [-0.25, -0.2) is 4.39 Å². The van der Waals surface area contributed by atoms with Gasteiger partial charge in [0.05, 0.1) is 7.11 Å². The zero-order valence-electron chi connectivity index (χ0n) is 13.6. The van der Waals surface area contributed by atoms with Gasteiger partial charge in [0, 0.05) is 6.54 Å². The summed E-state index contributed by atoms with van der Waals surface area (Å²) in [7, 11) is -2.76. The van der Waals surface area contributed by atoms with Crippen molar-refractivity contribution in [3.63, 3.8) is 0 Å². The van der Waals surface area contributed by atoms with Crippen LogP contribution in [0.1, 0.15) is 11.1 Å². The predicted molar refractivity (Wildman–Crippen MR) is 91.2 cm³/mol. The molecule has 2 aromatic carbocycles. The lowest BCUT2D eigenvalue weighted by Gasteiger charge is -2.17. The number of hydrogen-bond acceptors (Lipinski definition) is 4. The van der Waals surface area contributed by atoms with Crippen LogP contribution in [0.3, 0.4) is 0 Å². The van der Waals surface area contributed by atoms with Crippen LogP contribution in [0.2, 0.25) is 0 Å². The maximum absolute atomic E-state index is 12.9. The Labute approximate surface area is 146 Å². The SMILES string of the molecule is COC(=O)[C@H](Cc1ccccc1)NS(=O)(=O)NCc1ccc(F)cc1. The van der Waals surface area contributed by atoms with Crippen LogP contribution in [0.4, 0.5) is 4.39 Å². The molecule has 8 heteroatoms. The van der Waals surface area contributed by atoms with Crippen LogP contribution in [0.25, 0.3) is 0 Å². The third kappa shape index (κ3) is 6.26. The number of benzene rings is 2. The summed E-state index contributed by atoms with van der Waals surface area (Å²) in [5.74, 6) is -1.09. The highest BCUT2D eigenvalue weighted by Crippen LogP contribution is 2.06. The molecule has 1 atom stereocenters. The summed E-state index contributed by atoms with van der Waals surface area (Å²) in [6.45, 7) is -0.0329. The molecule has 0 aromatic heterocycles. The number of hydrogen-bond donors (Lipinski definition) is 2. The summed E-state index contributed by atoms with van der Waals surface area (Å²) in [4.78, 5) is 11.9. The number of carbonyl (C=O) groups is 1. The summed E-state index contributed by atoms with van der Waals surface area (Å²) in [6.07, 6.45) is 0.158. The highest BCUT2D eigenvalue weighted by Gasteiger charge is 2.25. The molecule has 25 heavy (non-hydrogen) atoms. The van der Waals surface area contributed by atoms with Crippen molar-refractivity contribution < 1.29 is 22.3 Å². The van der Waals surface area contributed by atoms with Gasteiger partial charge in [-0.15, -0.1) is 0 Å². The first-order chi connectivity index (χ1) is 11.9. The average Bonchev–Trinajstić information content (AvgIpc) is 2.61. The lowest BCUT2D eigenvalue weighted by Crippen LogP contribution is -2.47. The third-order valence-corrected chi connectivity index (χ3v) is 4.56. The summed E-state index contributed by atoms with van der Waals surface area (Å²) in [5.41, 5.74) is 1.38. The van der Waals surface area contributed by atoms with Gasteiger partial charge in [-0.3, -0.25) is 4.79 Å². The van der Waals surface area contributed by atoms with Crippen molar-refractivity contribution in [2.24, 2.45) is 0 Å². The molecule has 0 unspecified atom stereocenters. The second kappa shape index (κ2) is 8.70. The second-order valence-electron chi connectivity index (χ2n) is 5.33. The number of nitrogens with one attached hydrogen (secondary N) is 2. The molecule has 2 N–H and O–H groups in total. The number of carbonyl (C=O) groups excluding carboxylic acids is 1. The van der Waals surface area contributed by atoms with Crippen LogP contribution >= 0.6 is 0 Å². The molecule has 0 aliphatic heterocycles. The lowest BCUT2D eigenvalue weighted by molar-refractivity contribution is -0.142. The first kappa shape index (κ1) is 19.0. The standard InChI is InChI=1S/C17H19FN2O4S/c1-24-17(21)16(11-13-5-3-2-4-6-13)20-25(22,23)19-12-14-7-9-15(18)10-8-14/h2-10,16,19-20H,11-12H2,1H3/t16-/m0/s1. The van der Waals surface area contributed by atoms with Gasteiger partial charge in [-0.2, -0.15) is 17.9 Å². The van der Waals surface area contributed by atoms with Crippen molar-refractivity contribution in [2.75, 3.05) is 7.11 Å². The molecule has 0 saturated carbocycles. The largest absolute Gasteiger partial charge is 0.468 e. The fraction of sp³-hybridized carbons (Fsp3) is 0.235. The number of halogens is 1. The summed E-state index contributed by atoms with van der Waals surface area (Å²) in [5, 5.41) is 0. The van der Waals surface area contributed by atoms with Crippen LogP contribution in [-0.4, -0.2) is 27.5 Å². The Morgan fingerprint density at radius 2 is 1.72 bits per heavy atom. The molecular weight excluding hydrogens is 347 g/mol. The molecule has 2 aromatic rings. The normalized spacial score (nSPS) is 12.6. The maximum Gasteiger partial charge on any atom is 0.324 e. The fourth-order valence-electron chi connectivity index (χ4n) is 2.17. The second-order valence-corrected chi connectivity index (χ2v) is 6.87. The number of ether oxygens (including phenoxy) is 1. The highest BCUT2D eigenvalue weighted by atomic mass is 32.2. The maximum atomic E-state index is 12.9. The molecule has 134 valence electrons. The van der Waals surface area contributed by atoms with Gasteiger partial charge in [0.1, 0.15) is 11.9 Å². The van der Waals surface area contributed by atoms with E-state index in [2.05, 4.69) is 14.2 Å². The molecular formula is C17H19FN2O4S. The number of esters is 1. The molecule has 0 spiro atoms. The predicted octanol–water partition coefficient (Wildman–Crippen LogP) is 1.53. The van der Waals surface area contributed by atoms with E-state index in [0.29, 0.717) is 5.56 Å². The van der Waals surface area contributed by atoms with Crippen LogP contribution in [0.5, 0.6) is 0 Å². The van der Waals surface area contributed by atoms with Gasteiger partial charge in [0.2, 0.25) is 0 Å². The molecule has 0 fully saturated rings. The molecule has 2 rings (SSSR count). The summed E-state index contributed by atoms with van der Waals surface area (Å²) >= 11 is 0. The van der Waals surface area contributed by atoms with E-state index in [4.69, 9.17) is 0 Å². The van der Waals surface area contributed by atoms with Gasteiger partial charge >= 0.3 is 5.97 Å². The monoisotopic (exact) mass is 366 g/mol. The minimum Gasteiger partial charge on any atom is -0.468 e. The van der Waals surface area contributed by atoms with Gasteiger partial charge in [-0.1, -0.05) is 42.5 Å². The van der Waals surface area contributed by atoms with Crippen molar-refractivity contribution in [1.82, 2.24) is 9.44 Å². The van der Waals surface area contributed by atoms with Gasteiger partial charge < -0.3 is 4.74 Å². The van der Waals surface area contributed by atoms with Crippen molar-refractivity contribution in [3.05, 3.63) is 71.5 Å². The first-order valence-corrected chi connectivity index (χ1v) is 9.01. The van der Waals surface area contributed by atoms with E-state index < -0.39 is 28.0 Å². The lowest BCUT2D eigenvalue weighted by atomic mass is 10.1. The van der Waals surface area contributed by atoms with Crippen molar-refractivity contribution in [2.45, 2.75) is 19.0 Å². The molecule has 0 aliphatic rings. The molecule has 0 saturated heterocycles. The minimum absolute atomic E-state index is 0.0329. The molecule has 0 radical (unpaired) electrons. The van der Waals surface area contributed by atoms with E-state index in [9.17, 15) is 17.6 Å². The fourth-order valence-corrected chi connectivity index (χ4v) is 3.17. The molecule has 0 heterocycles. The molecule has 6 nitrogen and oxygen atoms in total. The Bertz CT molecular complexity index is 795. The number of rotatable bonds is 8. The Morgan fingerprint density at radius 3 is 2.32 bits per heavy atom.